The Morgan fingerprint density at radius 1 is 0.786 bits per heavy atom. The second kappa shape index (κ2) is 11.9. The van der Waals surface area contributed by atoms with Crippen LogP contribution in [-0.4, -0.2) is 11.9 Å². The third-order valence-electron chi connectivity index (χ3n) is 1.62. The van der Waals surface area contributed by atoms with Gasteiger partial charge in [0.25, 0.3) is 0 Å². The molecule has 0 saturated carbocycles. The van der Waals surface area contributed by atoms with Crippen LogP contribution in [0.15, 0.2) is 0 Å². The summed E-state index contributed by atoms with van der Waals surface area (Å²) >= 11 is 0. The molecule has 4 nitrogen and oxygen atoms in total. The minimum absolute atomic E-state index is 1.36. The Balaban J connectivity index is 0. The van der Waals surface area contributed by atoms with Gasteiger partial charge in [0.05, 0.1) is 11.9 Å². The van der Waals surface area contributed by atoms with Gasteiger partial charge in [-0.05, 0) is 0 Å². The minimum atomic E-state index is -2.19. The minimum Gasteiger partial charge on any atom is -0.543 e. The van der Waals surface area contributed by atoms with Crippen molar-refractivity contribution in [3.05, 3.63) is 0 Å². The lowest BCUT2D eigenvalue weighted by atomic mass is 10.1. The lowest BCUT2D eigenvalue weighted by Crippen LogP contribution is -2.42. The van der Waals surface area contributed by atoms with Gasteiger partial charge in [0.15, 0.2) is 0 Å². The number of carbonyl (C=O) groups excluding carboxylic acids is 2. The second-order valence-electron chi connectivity index (χ2n) is 2.99. The number of carboxylic acid groups (broad SMARTS) is 2. The molecule has 0 saturated heterocycles. The van der Waals surface area contributed by atoms with Crippen LogP contribution in [0.2, 0.25) is 0 Å². The Kier molecular flexibility index (Phi) is 13.1. The zero-order chi connectivity index (χ0) is 11.4. The first-order chi connectivity index (χ1) is 6.56. The molecule has 0 aliphatic carbocycles. The van der Waals surface area contributed by atoms with E-state index in [1.807, 2.05) is 0 Å². The van der Waals surface area contributed by atoms with E-state index >= 15 is 0 Å². The third kappa shape index (κ3) is 17.1. The molecule has 14 heavy (non-hydrogen) atoms. The topological polar surface area (TPSA) is 80.3 Å². The van der Waals surface area contributed by atoms with E-state index < -0.39 is 11.9 Å². The molecule has 0 radical (unpaired) electrons. The molecule has 0 atom stereocenters. The number of rotatable bonds is 5. The average molecular weight is 202 g/mol. The van der Waals surface area contributed by atoms with Gasteiger partial charge in [-0.3, -0.25) is 0 Å². The van der Waals surface area contributed by atoms with Crippen LogP contribution in [0.3, 0.4) is 0 Å². The molecular formula is C10H18O4-2. The summed E-state index contributed by atoms with van der Waals surface area (Å²) in [7, 11) is 0. The van der Waals surface area contributed by atoms with Crippen molar-refractivity contribution in [1.29, 1.82) is 0 Å². The van der Waals surface area contributed by atoms with Gasteiger partial charge in [-0.25, -0.2) is 0 Å². The molecule has 0 heterocycles. The van der Waals surface area contributed by atoms with E-state index in [-0.39, 0.29) is 0 Å². The maximum atomic E-state index is 8.93. The molecule has 0 aromatic heterocycles. The molecule has 0 unspecified atom stereocenters. The second-order valence-corrected chi connectivity index (χ2v) is 2.99. The first-order valence-corrected chi connectivity index (χ1v) is 4.98. The highest BCUT2D eigenvalue weighted by atomic mass is 16.4. The maximum absolute atomic E-state index is 8.93. The van der Waals surface area contributed by atoms with E-state index in [2.05, 4.69) is 13.8 Å². The smallest absolute Gasteiger partial charge is 0.0870 e. The van der Waals surface area contributed by atoms with E-state index in [1.54, 1.807) is 0 Å². The number of hydrogen-bond donors (Lipinski definition) is 0. The Bertz CT molecular complexity index is 136. The molecule has 0 N–H and O–H groups in total. The summed E-state index contributed by atoms with van der Waals surface area (Å²) in [6.45, 7) is 4.51. The summed E-state index contributed by atoms with van der Waals surface area (Å²) in [6.07, 6.45) is 8.49. The van der Waals surface area contributed by atoms with Gasteiger partial charge in [0.1, 0.15) is 0 Å². The third-order valence-corrected chi connectivity index (χ3v) is 1.62. The van der Waals surface area contributed by atoms with Gasteiger partial charge in [0.2, 0.25) is 0 Å². The molecule has 0 spiro atoms. The highest BCUT2D eigenvalue weighted by Crippen LogP contribution is 2.03. The van der Waals surface area contributed by atoms with Crippen LogP contribution in [0.25, 0.3) is 0 Å². The van der Waals surface area contributed by atoms with Gasteiger partial charge in [-0.1, -0.05) is 52.4 Å². The van der Waals surface area contributed by atoms with Crippen LogP contribution in [0, 0.1) is 0 Å². The van der Waals surface area contributed by atoms with Crippen molar-refractivity contribution >= 4 is 11.9 Å². The van der Waals surface area contributed by atoms with E-state index in [4.69, 9.17) is 19.8 Å². The van der Waals surface area contributed by atoms with Crippen molar-refractivity contribution in [3.8, 4) is 0 Å². The predicted octanol–water partition coefficient (Wildman–Crippen LogP) is -0.147. The molecule has 4 heteroatoms. The molecule has 0 aromatic rings. The monoisotopic (exact) mass is 202 g/mol. The highest BCUT2D eigenvalue weighted by Gasteiger charge is 1.83. The standard InChI is InChI=1S/C8H18.C2H2O4/c1-3-5-7-8-6-4-2;3-1(4)2(5)6/h3-8H2,1-2H3;(H,3,4)(H,5,6)/p-2. The molecule has 0 aromatic carbocycles. The Morgan fingerprint density at radius 2 is 1.07 bits per heavy atom. The van der Waals surface area contributed by atoms with Crippen LogP contribution < -0.4 is 10.2 Å². The fourth-order valence-corrected chi connectivity index (χ4v) is 0.854. The summed E-state index contributed by atoms with van der Waals surface area (Å²) in [4.78, 5) is 17.9. The Morgan fingerprint density at radius 3 is 1.21 bits per heavy atom. The zero-order valence-electron chi connectivity index (χ0n) is 8.88. The largest absolute Gasteiger partial charge is 0.543 e. The lowest BCUT2D eigenvalue weighted by Gasteiger charge is -1.97. The van der Waals surface area contributed by atoms with Crippen molar-refractivity contribution in [2.24, 2.45) is 0 Å². The van der Waals surface area contributed by atoms with Crippen LogP contribution >= 0.6 is 0 Å². The predicted molar refractivity (Wildman–Crippen MR) is 49.1 cm³/mol. The normalized spacial score (nSPS) is 8.71. The number of unbranched alkanes of at least 4 members (excludes halogenated alkanes) is 5. The Labute approximate surface area is 84.9 Å². The zero-order valence-corrected chi connectivity index (χ0v) is 8.88. The van der Waals surface area contributed by atoms with Gasteiger partial charge in [-0.2, -0.15) is 0 Å². The molecule has 0 aliphatic heterocycles. The number of carboxylic acids is 2. The summed E-state index contributed by atoms with van der Waals surface area (Å²) in [5.74, 6) is -4.37. The van der Waals surface area contributed by atoms with Crippen LogP contribution in [0.4, 0.5) is 0 Å². The fourth-order valence-electron chi connectivity index (χ4n) is 0.854. The summed E-state index contributed by atoms with van der Waals surface area (Å²) in [6, 6.07) is 0. The average Bonchev–Trinajstić information content (AvgIpc) is 2.13. The quantitative estimate of drug-likeness (QED) is 0.459. The molecule has 0 fully saturated rings. The summed E-state index contributed by atoms with van der Waals surface area (Å²) in [5.41, 5.74) is 0. The molecule has 0 bridgehead atoms. The van der Waals surface area contributed by atoms with Crippen molar-refractivity contribution in [1.82, 2.24) is 0 Å². The van der Waals surface area contributed by atoms with E-state index in [0.717, 1.165) is 0 Å². The highest BCUT2D eigenvalue weighted by molar-refractivity contribution is 6.25. The van der Waals surface area contributed by atoms with Crippen molar-refractivity contribution in [2.45, 2.75) is 52.4 Å². The van der Waals surface area contributed by atoms with Gasteiger partial charge < -0.3 is 19.8 Å². The number of aliphatic carboxylic acids is 2. The number of hydrogen-bond acceptors (Lipinski definition) is 4. The maximum Gasteiger partial charge on any atom is 0.0870 e. The van der Waals surface area contributed by atoms with Gasteiger partial charge >= 0.3 is 0 Å². The van der Waals surface area contributed by atoms with E-state index in [1.165, 1.54) is 38.5 Å². The van der Waals surface area contributed by atoms with E-state index in [0.29, 0.717) is 0 Å². The van der Waals surface area contributed by atoms with Gasteiger partial charge in [0, 0.05) is 0 Å². The summed E-state index contributed by atoms with van der Waals surface area (Å²) in [5, 5.41) is 17.9. The first kappa shape index (κ1) is 15.4. The first-order valence-electron chi connectivity index (χ1n) is 4.98. The van der Waals surface area contributed by atoms with Crippen molar-refractivity contribution in [3.63, 3.8) is 0 Å². The van der Waals surface area contributed by atoms with Crippen LogP contribution in [0.5, 0.6) is 0 Å². The van der Waals surface area contributed by atoms with Crippen molar-refractivity contribution in [2.75, 3.05) is 0 Å². The van der Waals surface area contributed by atoms with Gasteiger partial charge in [-0.15, -0.1) is 0 Å². The number of carbonyl (C=O) groups is 2. The SMILES string of the molecule is CCCCCCCC.O=C([O-])C(=O)[O-]. The fraction of sp³-hybridized carbons (Fsp3) is 0.800. The molecule has 0 rings (SSSR count). The van der Waals surface area contributed by atoms with Crippen LogP contribution in [0.1, 0.15) is 52.4 Å². The molecule has 0 amide bonds. The lowest BCUT2D eigenvalue weighted by molar-refractivity contribution is -0.345. The van der Waals surface area contributed by atoms with Crippen molar-refractivity contribution < 1.29 is 19.8 Å². The van der Waals surface area contributed by atoms with Crippen LogP contribution in [-0.2, 0) is 9.59 Å². The Hall–Kier alpha value is -1.06. The molecule has 0 aliphatic rings. The van der Waals surface area contributed by atoms with E-state index in [9.17, 15) is 0 Å². The summed E-state index contributed by atoms with van der Waals surface area (Å²) < 4.78 is 0. The molecular weight excluding hydrogens is 184 g/mol. The molecule has 84 valence electrons.